The quantitative estimate of drug-likeness (QED) is 0.809. The molecule has 0 aliphatic carbocycles. The number of aryl methyl sites for hydroxylation is 1. The molecule has 2 aliphatic heterocycles. The summed E-state index contributed by atoms with van der Waals surface area (Å²) in [6.07, 6.45) is 1.42. The van der Waals surface area contributed by atoms with Crippen LogP contribution in [0.15, 0.2) is 41.3 Å². The molecule has 2 heterocycles. The van der Waals surface area contributed by atoms with Gasteiger partial charge in [-0.05, 0) is 48.2 Å². The van der Waals surface area contributed by atoms with E-state index in [0.717, 1.165) is 22.7 Å². The smallest absolute Gasteiger partial charge is 0.242 e. The highest BCUT2D eigenvalue weighted by Crippen LogP contribution is 2.38. The molecule has 7 nitrogen and oxygen atoms in total. The molecule has 1 unspecified atom stereocenters. The molecule has 9 heteroatoms. The predicted octanol–water partition coefficient (Wildman–Crippen LogP) is 2.48. The van der Waals surface area contributed by atoms with Crippen LogP contribution in [-0.4, -0.2) is 45.2 Å². The van der Waals surface area contributed by atoms with Crippen LogP contribution in [0.25, 0.3) is 0 Å². The van der Waals surface area contributed by atoms with E-state index in [2.05, 4.69) is 5.32 Å². The van der Waals surface area contributed by atoms with Crippen molar-refractivity contribution in [3.05, 3.63) is 53.3 Å². The Morgan fingerprint density at radius 2 is 1.97 bits per heavy atom. The number of sulfonamides is 1. The third-order valence-electron chi connectivity index (χ3n) is 5.57. The number of halogens is 1. The summed E-state index contributed by atoms with van der Waals surface area (Å²) < 4.78 is 39.9. The Morgan fingerprint density at radius 1 is 1.20 bits per heavy atom. The first-order chi connectivity index (χ1) is 14.2. The number of nitrogens with zero attached hydrogens (tertiary/aromatic N) is 2. The van der Waals surface area contributed by atoms with E-state index in [1.54, 1.807) is 17.0 Å². The fourth-order valence-electron chi connectivity index (χ4n) is 4.00. The number of hydrogen-bond donors (Lipinski definition) is 1. The molecule has 0 aromatic heterocycles. The maximum Gasteiger partial charge on any atom is 0.242 e. The van der Waals surface area contributed by atoms with Crippen LogP contribution in [0.5, 0.6) is 0 Å². The fraction of sp³-hybridized carbons (Fsp3) is 0.333. The summed E-state index contributed by atoms with van der Waals surface area (Å²) in [4.78, 5) is 27.3. The summed E-state index contributed by atoms with van der Waals surface area (Å²) in [6.45, 7) is 0.423. The van der Waals surface area contributed by atoms with E-state index in [1.165, 1.54) is 38.4 Å². The van der Waals surface area contributed by atoms with E-state index in [1.807, 2.05) is 0 Å². The normalized spacial score (nSPS) is 18.6. The van der Waals surface area contributed by atoms with Crippen LogP contribution >= 0.6 is 0 Å². The summed E-state index contributed by atoms with van der Waals surface area (Å²) in [5.74, 6) is -1.90. The second-order valence-corrected chi connectivity index (χ2v) is 9.86. The van der Waals surface area contributed by atoms with Crippen molar-refractivity contribution in [2.75, 3.05) is 30.9 Å². The monoisotopic (exact) mass is 431 g/mol. The Labute approximate surface area is 174 Å². The van der Waals surface area contributed by atoms with Gasteiger partial charge in [-0.1, -0.05) is 12.1 Å². The number of nitrogens with one attached hydrogen (secondary N) is 1. The minimum atomic E-state index is -3.66. The van der Waals surface area contributed by atoms with Gasteiger partial charge in [-0.25, -0.2) is 17.1 Å². The lowest BCUT2D eigenvalue weighted by Crippen LogP contribution is -2.41. The van der Waals surface area contributed by atoms with Crippen LogP contribution in [0.1, 0.15) is 29.9 Å². The Hall–Kier alpha value is -2.78. The number of benzene rings is 2. The van der Waals surface area contributed by atoms with E-state index in [9.17, 15) is 22.4 Å². The van der Waals surface area contributed by atoms with Gasteiger partial charge < -0.3 is 10.2 Å². The largest absolute Gasteiger partial charge is 0.326 e. The molecule has 0 radical (unpaired) electrons. The first kappa shape index (κ1) is 20.5. The lowest BCUT2D eigenvalue weighted by Gasteiger charge is -2.34. The van der Waals surface area contributed by atoms with Crippen LogP contribution in [0.2, 0.25) is 0 Å². The number of rotatable bonds is 3. The molecule has 0 bridgehead atoms. The molecule has 0 saturated carbocycles. The molecule has 1 atom stereocenters. The molecule has 2 aromatic carbocycles. The van der Waals surface area contributed by atoms with Crippen molar-refractivity contribution >= 4 is 33.2 Å². The van der Waals surface area contributed by atoms with Crippen LogP contribution in [0.3, 0.4) is 0 Å². The molecule has 158 valence electrons. The summed E-state index contributed by atoms with van der Waals surface area (Å²) in [7, 11) is -0.751. The maximum atomic E-state index is 13.6. The molecule has 2 aromatic rings. The van der Waals surface area contributed by atoms with E-state index >= 15 is 0 Å². The van der Waals surface area contributed by atoms with Gasteiger partial charge in [0.15, 0.2) is 0 Å². The Morgan fingerprint density at radius 3 is 2.70 bits per heavy atom. The second kappa shape index (κ2) is 7.48. The SMILES string of the molecule is CN(C)S(=O)(=O)c1ccc2c(c1)N(C(=O)C1CC(=O)Nc3cc(F)ccc31)CCC2. The zero-order valence-corrected chi connectivity index (χ0v) is 17.5. The van der Waals surface area contributed by atoms with Gasteiger partial charge in [-0.3, -0.25) is 9.59 Å². The molecular formula is C21H22FN3O4S. The average Bonchev–Trinajstić information content (AvgIpc) is 2.71. The number of carbonyl (C=O) groups excluding carboxylic acids is 2. The third kappa shape index (κ3) is 3.48. The van der Waals surface area contributed by atoms with Gasteiger partial charge in [0.1, 0.15) is 5.82 Å². The van der Waals surface area contributed by atoms with Gasteiger partial charge in [0.2, 0.25) is 21.8 Å². The zero-order valence-electron chi connectivity index (χ0n) is 16.7. The van der Waals surface area contributed by atoms with Gasteiger partial charge in [-0.15, -0.1) is 0 Å². The summed E-state index contributed by atoms with van der Waals surface area (Å²) in [5.41, 5.74) is 2.28. The maximum absolute atomic E-state index is 13.6. The van der Waals surface area contributed by atoms with Crippen molar-refractivity contribution in [2.24, 2.45) is 0 Å². The topological polar surface area (TPSA) is 86.8 Å². The summed E-state index contributed by atoms with van der Waals surface area (Å²) in [6, 6.07) is 8.80. The van der Waals surface area contributed by atoms with Crippen molar-refractivity contribution in [1.29, 1.82) is 0 Å². The van der Waals surface area contributed by atoms with Crippen molar-refractivity contribution in [3.8, 4) is 0 Å². The van der Waals surface area contributed by atoms with Gasteiger partial charge in [-0.2, -0.15) is 0 Å². The Kier molecular flexibility index (Phi) is 5.11. The molecular weight excluding hydrogens is 409 g/mol. The summed E-state index contributed by atoms with van der Waals surface area (Å²) >= 11 is 0. The lowest BCUT2D eigenvalue weighted by molar-refractivity contribution is -0.124. The van der Waals surface area contributed by atoms with E-state index in [4.69, 9.17) is 0 Å². The van der Waals surface area contributed by atoms with Gasteiger partial charge in [0, 0.05) is 38.4 Å². The lowest BCUT2D eigenvalue weighted by atomic mass is 9.88. The summed E-state index contributed by atoms with van der Waals surface area (Å²) in [5, 5.41) is 2.61. The van der Waals surface area contributed by atoms with E-state index in [0.29, 0.717) is 23.5 Å². The highest BCUT2D eigenvalue weighted by molar-refractivity contribution is 7.89. The zero-order chi connectivity index (χ0) is 21.6. The molecule has 2 amide bonds. The fourth-order valence-corrected chi connectivity index (χ4v) is 4.92. The molecule has 0 spiro atoms. The number of amides is 2. The third-order valence-corrected chi connectivity index (χ3v) is 7.38. The van der Waals surface area contributed by atoms with Crippen molar-refractivity contribution in [1.82, 2.24) is 4.31 Å². The number of anilines is 2. The molecule has 0 fully saturated rings. The van der Waals surface area contributed by atoms with E-state index < -0.39 is 21.8 Å². The Bertz CT molecular complexity index is 1150. The second-order valence-electron chi connectivity index (χ2n) is 7.71. The van der Waals surface area contributed by atoms with Crippen LogP contribution in [-0.2, 0) is 26.0 Å². The first-order valence-corrected chi connectivity index (χ1v) is 11.1. The predicted molar refractivity (Wildman–Crippen MR) is 110 cm³/mol. The van der Waals surface area contributed by atoms with Crippen molar-refractivity contribution in [2.45, 2.75) is 30.1 Å². The van der Waals surface area contributed by atoms with Crippen LogP contribution < -0.4 is 10.2 Å². The van der Waals surface area contributed by atoms with Gasteiger partial charge >= 0.3 is 0 Å². The highest BCUT2D eigenvalue weighted by atomic mass is 32.2. The molecule has 0 saturated heterocycles. The van der Waals surface area contributed by atoms with Gasteiger partial charge in [0.05, 0.1) is 10.8 Å². The molecule has 4 rings (SSSR count). The molecule has 2 aliphatic rings. The van der Waals surface area contributed by atoms with E-state index in [-0.39, 0.29) is 23.1 Å². The average molecular weight is 431 g/mol. The molecule has 1 N–H and O–H groups in total. The minimum Gasteiger partial charge on any atom is -0.326 e. The standard InChI is InChI=1S/C21H22FN3O4S/c1-24(2)30(28,29)15-7-5-13-4-3-9-25(19(13)11-15)21(27)17-12-20(26)23-18-10-14(22)6-8-16(17)18/h5-8,10-11,17H,3-4,9,12H2,1-2H3,(H,23,26). The van der Waals surface area contributed by atoms with Crippen molar-refractivity contribution in [3.63, 3.8) is 0 Å². The van der Waals surface area contributed by atoms with Crippen LogP contribution in [0, 0.1) is 5.82 Å². The molecule has 30 heavy (non-hydrogen) atoms. The highest BCUT2D eigenvalue weighted by Gasteiger charge is 2.36. The first-order valence-electron chi connectivity index (χ1n) is 9.64. The van der Waals surface area contributed by atoms with Crippen LogP contribution in [0.4, 0.5) is 15.8 Å². The number of carbonyl (C=O) groups is 2. The number of hydrogen-bond acceptors (Lipinski definition) is 4. The van der Waals surface area contributed by atoms with Gasteiger partial charge in [0.25, 0.3) is 0 Å². The Balaban J connectivity index is 1.75. The number of fused-ring (bicyclic) bond motifs is 2. The minimum absolute atomic E-state index is 0.0427. The van der Waals surface area contributed by atoms with Crippen molar-refractivity contribution < 1.29 is 22.4 Å².